The molecule has 5 nitrogen and oxygen atoms in total. The Morgan fingerprint density at radius 2 is 2.04 bits per heavy atom. The molecule has 7 heteroatoms. The van der Waals surface area contributed by atoms with Gasteiger partial charge in [0.2, 0.25) is 5.91 Å². The molecule has 1 aromatic carbocycles. The minimum absolute atomic E-state index is 0.0575. The van der Waals surface area contributed by atoms with E-state index in [2.05, 4.69) is 20.9 Å². The molecule has 23 heavy (non-hydrogen) atoms. The van der Waals surface area contributed by atoms with Crippen LogP contribution < -0.4 is 0 Å². The topological polar surface area (TPSA) is 53.5 Å². The zero-order valence-electron chi connectivity index (χ0n) is 12.1. The number of benzene rings is 1. The minimum Gasteiger partial charge on any atom is -0.319 e. The van der Waals surface area contributed by atoms with Crippen molar-refractivity contribution in [3.8, 4) is 0 Å². The summed E-state index contributed by atoms with van der Waals surface area (Å²) in [7, 11) is 0. The number of carbonyl (C=O) groups excluding carboxylic acids is 2. The van der Waals surface area contributed by atoms with Crippen molar-refractivity contribution >= 4 is 39.3 Å². The maximum absolute atomic E-state index is 12.6. The molecule has 1 aliphatic rings. The van der Waals surface area contributed by atoms with Crippen LogP contribution >= 0.6 is 27.5 Å². The van der Waals surface area contributed by atoms with Crippen molar-refractivity contribution in [3.05, 3.63) is 63.3 Å². The molecular formula is C16H13BrClN3O2. The van der Waals surface area contributed by atoms with Gasteiger partial charge in [-0.2, -0.15) is 0 Å². The maximum atomic E-state index is 12.6. The van der Waals surface area contributed by atoms with Crippen LogP contribution in [0.15, 0.2) is 47.2 Å². The summed E-state index contributed by atoms with van der Waals surface area (Å²) in [6, 6.07) is 11.2. The van der Waals surface area contributed by atoms with Crippen LogP contribution in [-0.2, 0) is 11.3 Å². The zero-order valence-corrected chi connectivity index (χ0v) is 14.4. The lowest BCUT2D eigenvalue weighted by Gasteiger charge is -2.18. The molecule has 118 valence electrons. The molecule has 1 aliphatic heterocycles. The Labute approximate surface area is 147 Å². The van der Waals surface area contributed by atoms with E-state index in [4.69, 9.17) is 11.6 Å². The third-order valence-corrected chi connectivity index (χ3v) is 4.31. The predicted molar refractivity (Wildman–Crippen MR) is 89.8 cm³/mol. The fourth-order valence-corrected chi connectivity index (χ4v) is 2.94. The minimum atomic E-state index is -0.276. The molecule has 0 N–H and O–H groups in total. The zero-order chi connectivity index (χ0) is 16.4. The first-order chi connectivity index (χ1) is 11.0. The van der Waals surface area contributed by atoms with Crippen LogP contribution in [0.3, 0.4) is 0 Å². The molecule has 0 unspecified atom stereocenters. The summed E-state index contributed by atoms with van der Waals surface area (Å²) in [5.41, 5.74) is 1.36. The van der Waals surface area contributed by atoms with E-state index in [9.17, 15) is 9.59 Å². The van der Waals surface area contributed by atoms with Gasteiger partial charge in [0, 0.05) is 12.7 Å². The van der Waals surface area contributed by atoms with Gasteiger partial charge in [0.05, 0.1) is 17.3 Å². The summed E-state index contributed by atoms with van der Waals surface area (Å²) in [5, 5.41) is 0.271. The van der Waals surface area contributed by atoms with Crippen molar-refractivity contribution in [2.45, 2.75) is 6.54 Å². The van der Waals surface area contributed by atoms with Gasteiger partial charge < -0.3 is 9.80 Å². The number of hydrogen-bond donors (Lipinski definition) is 0. The van der Waals surface area contributed by atoms with Gasteiger partial charge in [0.25, 0.3) is 5.91 Å². The van der Waals surface area contributed by atoms with Crippen molar-refractivity contribution in [3.63, 3.8) is 0 Å². The molecular weight excluding hydrogens is 382 g/mol. The lowest BCUT2D eigenvalue weighted by Crippen LogP contribution is -2.31. The SMILES string of the molecule is O=C1CN(C(=O)c2cc(Br)ncc2Cl)CN1Cc1ccccc1. The van der Waals surface area contributed by atoms with Gasteiger partial charge in [0.15, 0.2) is 0 Å². The standard InChI is InChI=1S/C16H13BrClN3O2/c17-14-6-12(13(18)7-19-14)16(23)21-9-15(22)20(10-21)8-11-4-2-1-3-5-11/h1-7H,8-10H2. The van der Waals surface area contributed by atoms with Gasteiger partial charge in [0.1, 0.15) is 11.1 Å². The molecule has 1 aromatic heterocycles. The maximum Gasteiger partial charge on any atom is 0.257 e. The fourth-order valence-electron chi connectivity index (χ4n) is 2.42. The highest BCUT2D eigenvalue weighted by atomic mass is 79.9. The van der Waals surface area contributed by atoms with Gasteiger partial charge in [-0.3, -0.25) is 9.59 Å². The van der Waals surface area contributed by atoms with E-state index < -0.39 is 0 Å². The van der Waals surface area contributed by atoms with E-state index in [1.165, 1.54) is 11.1 Å². The van der Waals surface area contributed by atoms with Crippen molar-refractivity contribution in [1.29, 1.82) is 0 Å². The third-order valence-electron chi connectivity index (χ3n) is 3.58. The molecule has 1 saturated heterocycles. The monoisotopic (exact) mass is 393 g/mol. The Balaban J connectivity index is 1.74. The summed E-state index contributed by atoms with van der Waals surface area (Å²) in [4.78, 5) is 31.8. The van der Waals surface area contributed by atoms with E-state index in [-0.39, 0.29) is 30.1 Å². The van der Waals surface area contributed by atoms with Crippen molar-refractivity contribution in [2.75, 3.05) is 13.2 Å². The number of aromatic nitrogens is 1. The first-order valence-electron chi connectivity index (χ1n) is 6.96. The Kier molecular flexibility index (Phi) is 4.63. The highest BCUT2D eigenvalue weighted by Gasteiger charge is 2.32. The van der Waals surface area contributed by atoms with Crippen LogP contribution in [0.25, 0.3) is 0 Å². The number of rotatable bonds is 3. The van der Waals surface area contributed by atoms with Crippen LogP contribution in [0.1, 0.15) is 15.9 Å². The van der Waals surface area contributed by atoms with Crippen molar-refractivity contribution in [1.82, 2.24) is 14.8 Å². The van der Waals surface area contributed by atoms with E-state index in [0.717, 1.165) is 5.56 Å². The third kappa shape index (κ3) is 3.54. The molecule has 0 bridgehead atoms. The number of halogens is 2. The first-order valence-corrected chi connectivity index (χ1v) is 8.13. The summed E-state index contributed by atoms with van der Waals surface area (Å²) in [5.74, 6) is -0.353. The van der Waals surface area contributed by atoms with Gasteiger partial charge in [-0.25, -0.2) is 4.98 Å². The Morgan fingerprint density at radius 1 is 1.30 bits per heavy atom. The second-order valence-electron chi connectivity index (χ2n) is 5.21. The summed E-state index contributed by atoms with van der Waals surface area (Å²) >= 11 is 9.27. The van der Waals surface area contributed by atoms with E-state index in [0.29, 0.717) is 16.7 Å². The number of pyridine rings is 1. The Bertz CT molecular complexity index is 754. The van der Waals surface area contributed by atoms with Gasteiger partial charge in [-0.15, -0.1) is 0 Å². The summed E-state index contributed by atoms with van der Waals surface area (Å²) in [6.07, 6.45) is 1.42. The smallest absolute Gasteiger partial charge is 0.257 e. The highest BCUT2D eigenvalue weighted by molar-refractivity contribution is 9.10. The molecule has 0 spiro atoms. The second kappa shape index (κ2) is 6.68. The lowest BCUT2D eigenvalue weighted by molar-refractivity contribution is -0.127. The number of nitrogens with zero attached hydrogens (tertiary/aromatic N) is 3. The molecule has 0 aliphatic carbocycles. The summed E-state index contributed by atoms with van der Waals surface area (Å²) < 4.78 is 0.525. The first kappa shape index (κ1) is 16.0. The largest absolute Gasteiger partial charge is 0.319 e. The molecule has 0 radical (unpaired) electrons. The highest BCUT2D eigenvalue weighted by Crippen LogP contribution is 2.22. The Morgan fingerprint density at radius 3 is 2.78 bits per heavy atom. The quantitative estimate of drug-likeness (QED) is 0.752. The number of amides is 2. The fraction of sp³-hybridized carbons (Fsp3) is 0.188. The number of carbonyl (C=O) groups is 2. The second-order valence-corrected chi connectivity index (χ2v) is 6.43. The Hall–Kier alpha value is -1.92. The van der Waals surface area contributed by atoms with E-state index in [1.807, 2.05) is 30.3 Å². The molecule has 0 atom stereocenters. The van der Waals surface area contributed by atoms with E-state index in [1.54, 1.807) is 11.0 Å². The van der Waals surface area contributed by atoms with Gasteiger partial charge in [-0.1, -0.05) is 41.9 Å². The molecule has 0 saturated carbocycles. The van der Waals surface area contributed by atoms with Gasteiger partial charge >= 0.3 is 0 Å². The molecule has 2 amide bonds. The number of hydrogen-bond acceptors (Lipinski definition) is 3. The predicted octanol–water partition coefficient (Wildman–Crippen LogP) is 2.94. The molecule has 2 heterocycles. The van der Waals surface area contributed by atoms with Crippen molar-refractivity contribution in [2.24, 2.45) is 0 Å². The van der Waals surface area contributed by atoms with Gasteiger partial charge in [-0.05, 0) is 27.6 Å². The van der Waals surface area contributed by atoms with Crippen LogP contribution in [0, 0.1) is 0 Å². The van der Waals surface area contributed by atoms with Crippen molar-refractivity contribution < 1.29 is 9.59 Å². The van der Waals surface area contributed by atoms with Crippen LogP contribution in [0.2, 0.25) is 5.02 Å². The van der Waals surface area contributed by atoms with Crippen LogP contribution in [0.5, 0.6) is 0 Å². The van der Waals surface area contributed by atoms with Crippen LogP contribution in [0.4, 0.5) is 0 Å². The average molecular weight is 395 g/mol. The normalized spacial score (nSPS) is 14.4. The average Bonchev–Trinajstić information content (AvgIpc) is 2.91. The lowest BCUT2D eigenvalue weighted by atomic mass is 10.2. The molecule has 1 fully saturated rings. The summed E-state index contributed by atoms with van der Waals surface area (Å²) in [6.45, 7) is 0.794. The van der Waals surface area contributed by atoms with E-state index >= 15 is 0 Å². The van der Waals surface area contributed by atoms with Crippen LogP contribution in [-0.4, -0.2) is 39.8 Å². The molecule has 2 aromatic rings. The molecule has 3 rings (SSSR count).